The van der Waals surface area contributed by atoms with Gasteiger partial charge in [0.1, 0.15) is 6.54 Å². The summed E-state index contributed by atoms with van der Waals surface area (Å²) < 4.78 is 36.3. The fraction of sp³-hybridized carbons (Fsp3) is 0.500. The van der Waals surface area contributed by atoms with Crippen molar-refractivity contribution >= 4 is 33.1 Å². The first-order valence-electron chi connectivity index (χ1n) is 20.4. The fourth-order valence-electron chi connectivity index (χ4n) is 8.61. The van der Waals surface area contributed by atoms with Crippen molar-refractivity contribution in [3.63, 3.8) is 0 Å². The van der Waals surface area contributed by atoms with Crippen LogP contribution in [0, 0.1) is 6.92 Å². The van der Waals surface area contributed by atoms with E-state index >= 15 is 0 Å². The van der Waals surface area contributed by atoms with E-state index in [-0.39, 0.29) is 52.0 Å². The van der Waals surface area contributed by atoms with Gasteiger partial charge in [0.25, 0.3) is 0 Å². The third kappa shape index (κ3) is 10.6. The van der Waals surface area contributed by atoms with E-state index in [0.717, 1.165) is 75.3 Å². The number of nitrogens with one attached hydrogen (secondary N) is 1. The largest absolute Gasteiger partial charge is 1.00 e. The zero-order valence-corrected chi connectivity index (χ0v) is 37.9. The molecule has 10 heteroatoms. The number of anilines is 1. The topological polar surface area (TPSA) is 95.8 Å². The molecule has 5 rings (SSSR count). The van der Waals surface area contributed by atoms with Crippen molar-refractivity contribution in [1.82, 2.24) is 10.2 Å². The normalized spacial score (nSPS) is 18.8. The molecule has 0 fully saturated rings. The standard InChI is InChI=1S/C46H63N4O4S.Na/c1-8-11-32-49-39-24-14-12-22-37(39)45(4,5)41(49)29-27-35-20-18-21-36(44(35)47-31-19-26-43(51)48(9-2)10-3)28-30-42-46(6,7)38-23-13-15-25-40(38)50(42)33-16-17-34-55(52,53)54;/h12-15,22-25,27-30H,1,8-11,16-21,26,31-34H2,2-7H3,(H,52,53,54);/q-1;+1/b35-27+,41-29+;. The van der Waals surface area contributed by atoms with Crippen LogP contribution in [0.5, 0.6) is 0 Å². The number of benzene rings is 2. The fourth-order valence-corrected chi connectivity index (χ4v) is 9.17. The number of rotatable bonds is 18. The van der Waals surface area contributed by atoms with Gasteiger partial charge in [0, 0.05) is 85.0 Å². The zero-order chi connectivity index (χ0) is 39.8. The SMILES string of the molecule is [CH2-]CCCN1/C(=C/C=C2\CCCC(/C=C/C3=[N+](CCCCS(=O)(=O)[O-])c4ccccc4C3(C)C)=C2NCCCC(=O)N(CC)CC)C(C)(C)c2ccccc21.[Na+]. The Morgan fingerprint density at radius 1 is 0.929 bits per heavy atom. The van der Waals surface area contributed by atoms with E-state index in [4.69, 9.17) is 0 Å². The predicted molar refractivity (Wildman–Crippen MR) is 226 cm³/mol. The number of para-hydroxylation sites is 2. The average molecular weight is 791 g/mol. The zero-order valence-electron chi connectivity index (χ0n) is 35.1. The monoisotopic (exact) mass is 790 g/mol. The number of nitrogens with zero attached hydrogens (tertiary/aromatic N) is 3. The van der Waals surface area contributed by atoms with E-state index < -0.39 is 10.1 Å². The summed E-state index contributed by atoms with van der Waals surface area (Å²) in [6.45, 7) is 21.0. The van der Waals surface area contributed by atoms with Gasteiger partial charge in [0.05, 0.1) is 15.5 Å². The summed E-state index contributed by atoms with van der Waals surface area (Å²) in [7, 11) is -4.25. The van der Waals surface area contributed by atoms with Crippen molar-refractivity contribution in [3.05, 3.63) is 113 Å². The number of carbonyl (C=O) groups is 1. The van der Waals surface area contributed by atoms with Gasteiger partial charge in [-0.3, -0.25) is 4.79 Å². The molecule has 2 aliphatic heterocycles. The molecule has 2 aromatic rings. The molecule has 56 heavy (non-hydrogen) atoms. The number of amides is 1. The summed E-state index contributed by atoms with van der Waals surface area (Å²) in [6.07, 6.45) is 16.2. The summed E-state index contributed by atoms with van der Waals surface area (Å²) in [5, 5.41) is 3.82. The number of allylic oxidation sites excluding steroid dienone is 7. The molecule has 298 valence electrons. The maximum atomic E-state index is 12.9. The van der Waals surface area contributed by atoms with E-state index in [1.54, 1.807) is 0 Å². The molecule has 0 saturated heterocycles. The molecule has 1 amide bonds. The van der Waals surface area contributed by atoms with Gasteiger partial charge in [0.2, 0.25) is 11.6 Å². The average Bonchev–Trinajstić information content (AvgIpc) is 3.50. The molecular weight excluding hydrogens is 728 g/mol. The van der Waals surface area contributed by atoms with Gasteiger partial charge >= 0.3 is 29.6 Å². The molecule has 0 saturated carbocycles. The van der Waals surface area contributed by atoms with E-state index in [2.05, 4.69) is 116 Å². The molecule has 3 aliphatic rings. The third-order valence-electron chi connectivity index (χ3n) is 11.7. The van der Waals surface area contributed by atoms with Crippen LogP contribution in [0.25, 0.3) is 0 Å². The minimum absolute atomic E-state index is 0. The Hall–Kier alpha value is -2.95. The number of hydrogen-bond acceptors (Lipinski definition) is 6. The summed E-state index contributed by atoms with van der Waals surface area (Å²) >= 11 is 0. The molecule has 2 heterocycles. The molecule has 2 aromatic carbocycles. The molecule has 1 aliphatic carbocycles. The van der Waals surface area contributed by atoms with Crippen molar-refractivity contribution in [2.24, 2.45) is 0 Å². The van der Waals surface area contributed by atoms with Gasteiger partial charge in [-0.15, -0.1) is 0 Å². The molecule has 0 radical (unpaired) electrons. The smallest absolute Gasteiger partial charge is 0.748 e. The Bertz CT molecular complexity index is 1970. The van der Waals surface area contributed by atoms with Crippen molar-refractivity contribution in [2.75, 3.05) is 43.4 Å². The molecular formula is C46H63N4NaO4S. The van der Waals surface area contributed by atoms with Crippen LogP contribution in [0.1, 0.15) is 110 Å². The second-order valence-electron chi connectivity index (χ2n) is 16.1. The number of hydrogen-bond donors (Lipinski definition) is 1. The van der Waals surface area contributed by atoms with Gasteiger partial charge < -0.3 is 26.6 Å². The Morgan fingerprint density at radius 3 is 2.32 bits per heavy atom. The van der Waals surface area contributed by atoms with Crippen LogP contribution in [-0.2, 0) is 25.7 Å². The van der Waals surface area contributed by atoms with Crippen LogP contribution in [0.4, 0.5) is 11.4 Å². The Labute approximate surface area is 359 Å². The van der Waals surface area contributed by atoms with E-state index in [9.17, 15) is 17.8 Å². The van der Waals surface area contributed by atoms with Crippen LogP contribution in [-0.4, -0.2) is 72.5 Å². The molecule has 0 atom stereocenters. The van der Waals surface area contributed by atoms with Crippen LogP contribution >= 0.6 is 0 Å². The van der Waals surface area contributed by atoms with E-state index in [1.165, 1.54) is 33.7 Å². The maximum Gasteiger partial charge on any atom is 1.00 e. The van der Waals surface area contributed by atoms with Crippen molar-refractivity contribution < 1.29 is 51.9 Å². The van der Waals surface area contributed by atoms with Gasteiger partial charge in [0.15, 0.2) is 5.71 Å². The second kappa shape index (κ2) is 20.1. The Morgan fingerprint density at radius 2 is 1.62 bits per heavy atom. The molecule has 0 bridgehead atoms. The minimum Gasteiger partial charge on any atom is -0.748 e. The minimum atomic E-state index is -4.25. The summed E-state index contributed by atoms with van der Waals surface area (Å²) in [6, 6.07) is 17.2. The first-order chi connectivity index (χ1) is 26.2. The van der Waals surface area contributed by atoms with E-state index in [0.29, 0.717) is 32.4 Å². The Balaban J connectivity index is 0.00000696. The summed E-state index contributed by atoms with van der Waals surface area (Å²) in [5.41, 5.74) is 10.7. The number of fused-ring (bicyclic) bond motifs is 2. The van der Waals surface area contributed by atoms with Crippen molar-refractivity contribution in [1.29, 1.82) is 0 Å². The van der Waals surface area contributed by atoms with Crippen LogP contribution < -0.4 is 39.8 Å². The van der Waals surface area contributed by atoms with Gasteiger partial charge in [-0.1, -0.05) is 68.8 Å². The molecule has 0 spiro atoms. The summed E-state index contributed by atoms with van der Waals surface area (Å²) in [5.74, 6) is -0.149. The van der Waals surface area contributed by atoms with Crippen molar-refractivity contribution in [3.8, 4) is 0 Å². The number of carbonyl (C=O) groups excluding carboxylic acids is 1. The first-order valence-corrected chi connectivity index (χ1v) is 22.0. The molecule has 0 unspecified atom stereocenters. The van der Waals surface area contributed by atoms with Crippen LogP contribution in [0.2, 0.25) is 0 Å². The van der Waals surface area contributed by atoms with E-state index in [1.807, 2.05) is 24.8 Å². The Kier molecular flexibility index (Phi) is 16.5. The van der Waals surface area contributed by atoms with Crippen LogP contribution in [0.3, 0.4) is 0 Å². The maximum absolute atomic E-state index is 12.9. The summed E-state index contributed by atoms with van der Waals surface area (Å²) in [4.78, 5) is 17.2. The quantitative estimate of drug-likeness (QED) is 0.0671. The molecule has 1 N–H and O–H groups in total. The number of unbranched alkanes of at least 4 members (excludes halogenated alkanes) is 2. The van der Waals surface area contributed by atoms with Gasteiger partial charge in [-0.05, 0) is 88.7 Å². The van der Waals surface area contributed by atoms with Gasteiger partial charge in [-0.25, -0.2) is 8.42 Å². The molecule has 8 nitrogen and oxygen atoms in total. The van der Waals surface area contributed by atoms with Gasteiger partial charge in [-0.2, -0.15) is 11.0 Å². The van der Waals surface area contributed by atoms with Crippen LogP contribution in [0.15, 0.2) is 95.4 Å². The second-order valence-corrected chi connectivity index (χ2v) is 17.6. The van der Waals surface area contributed by atoms with Crippen molar-refractivity contribution in [2.45, 2.75) is 110 Å². The first kappa shape index (κ1) is 45.7. The predicted octanol–water partition coefficient (Wildman–Crippen LogP) is 5.85. The third-order valence-corrected chi connectivity index (χ3v) is 12.4. The molecule has 0 aromatic heterocycles.